The van der Waals surface area contributed by atoms with Crippen LogP contribution in [-0.4, -0.2) is 24.4 Å². The van der Waals surface area contributed by atoms with Gasteiger partial charge in [0.15, 0.2) is 0 Å². The van der Waals surface area contributed by atoms with Gasteiger partial charge in [-0.05, 0) is 35.6 Å². The van der Waals surface area contributed by atoms with E-state index in [0.29, 0.717) is 0 Å². The molecule has 0 aliphatic rings. The number of alkyl halides is 3. The molecule has 0 saturated heterocycles. The largest absolute Gasteiger partial charge is 0.574 e. The summed E-state index contributed by atoms with van der Waals surface area (Å²) >= 11 is 1.63. The van der Waals surface area contributed by atoms with Crippen LogP contribution in [0.15, 0.2) is 6.07 Å². The predicted molar refractivity (Wildman–Crippen MR) is 59.7 cm³/mol. The van der Waals surface area contributed by atoms with Crippen LogP contribution in [0.25, 0.3) is 0 Å². The molecule has 94 valence electrons. The average Bonchev–Trinajstić information content (AvgIpc) is 2.20. The highest BCUT2D eigenvalue weighted by molar-refractivity contribution is 14.1. The normalized spacial score (nSPS) is 11.2. The van der Waals surface area contributed by atoms with Crippen LogP contribution in [0.1, 0.15) is 15.9 Å². The van der Waals surface area contributed by atoms with Crippen LogP contribution < -0.4 is 4.74 Å². The molecule has 0 atom stereocenters. The molecule has 17 heavy (non-hydrogen) atoms. The fourth-order valence-electron chi connectivity index (χ4n) is 1.04. The van der Waals surface area contributed by atoms with Crippen molar-refractivity contribution >= 4 is 28.6 Å². The first-order valence-corrected chi connectivity index (χ1v) is 5.33. The van der Waals surface area contributed by atoms with Crippen molar-refractivity contribution in [1.29, 1.82) is 0 Å². The molecule has 0 radical (unpaired) electrons. The second-order valence-electron chi connectivity index (χ2n) is 2.99. The minimum Gasteiger partial charge on any atom is -0.465 e. The quantitative estimate of drug-likeness (QED) is 0.462. The maximum absolute atomic E-state index is 12.0. The number of esters is 1. The van der Waals surface area contributed by atoms with Crippen molar-refractivity contribution in [2.75, 3.05) is 7.11 Å². The standard InChI is InChI=1S/C9H7F3INO3/c1-4-3-5(8(15)16-2)6(13)14-7(4)17-9(10,11)12/h3H,1-2H3. The molecular formula is C9H7F3INO3. The third kappa shape index (κ3) is 3.72. The van der Waals surface area contributed by atoms with Gasteiger partial charge in [0.25, 0.3) is 0 Å². The number of halogens is 4. The smallest absolute Gasteiger partial charge is 0.465 e. The van der Waals surface area contributed by atoms with Gasteiger partial charge in [0.05, 0.1) is 12.7 Å². The van der Waals surface area contributed by atoms with E-state index >= 15 is 0 Å². The summed E-state index contributed by atoms with van der Waals surface area (Å²) in [5.41, 5.74) is 0.197. The summed E-state index contributed by atoms with van der Waals surface area (Å²) in [5.74, 6) is -1.24. The van der Waals surface area contributed by atoms with E-state index in [1.165, 1.54) is 20.1 Å². The Bertz CT molecular complexity index is 448. The van der Waals surface area contributed by atoms with Crippen LogP contribution in [0.5, 0.6) is 5.88 Å². The lowest BCUT2D eigenvalue weighted by Gasteiger charge is -2.11. The Kier molecular flexibility index (Phi) is 4.17. The van der Waals surface area contributed by atoms with Crippen LogP contribution in [0.3, 0.4) is 0 Å². The average molecular weight is 361 g/mol. The highest BCUT2D eigenvalue weighted by Crippen LogP contribution is 2.26. The summed E-state index contributed by atoms with van der Waals surface area (Å²) in [5, 5.41) is 0. The first-order chi connectivity index (χ1) is 7.74. The summed E-state index contributed by atoms with van der Waals surface area (Å²) in [7, 11) is 1.17. The van der Waals surface area contributed by atoms with Crippen molar-refractivity contribution in [1.82, 2.24) is 4.98 Å². The number of hydrogen-bond donors (Lipinski definition) is 0. The van der Waals surface area contributed by atoms with E-state index in [9.17, 15) is 18.0 Å². The van der Waals surface area contributed by atoms with E-state index < -0.39 is 18.2 Å². The number of methoxy groups -OCH3 is 1. The van der Waals surface area contributed by atoms with Crippen molar-refractivity contribution in [3.8, 4) is 5.88 Å². The fraction of sp³-hybridized carbons (Fsp3) is 0.333. The van der Waals surface area contributed by atoms with Gasteiger partial charge < -0.3 is 9.47 Å². The molecule has 0 amide bonds. The second kappa shape index (κ2) is 5.07. The molecule has 1 rings (SSSR count). The summed E-state index contributed by atoms with van der Waals surface area (Å²) in [4.78, 5) is 14.8. The number of aryl methyl sites for hydroxylation is 1. The Hall–Kier alpha value is -1.06. The third-order valence-corrected chi connectivity index (χ3v) is 2.56. The minimum atomic E-state index is -4.81. The Balaban J connectivity index is 3.14. The zero-order valence-electron chi connectivity index (χ0n) is 8.76. The summed E-state index contributed by atoms with van der Waals surface area (Å²) < 4.78 is 44.3. The molecule has 1 aromatic heterocycles. The fourth-order valence-corrected chi connectivity index (χ4v) is 1.64. The first-order valence-electron chi connectivity index (χ1n) is 4.26. The van der Waals surface area contributed by atoms with Gasteiger partial charge in [-0.25, -0.2) is 9.78 Å². The molecule has 0 spiro atoms. The molecule has 8 heteroatoms. The summed E-state index contributed by atoms with van der Waals surface area (Å²) in [6, 6.07) is 1.24. The lowest BCUT2D eigenvalue weighted by Crippen LogP contribution is -2.19. The molecule has 0 N–H and O–H groups in total. The Labute approximate surface area is 108 Å². The number of ether oxygens (including phenoxy) is 2. The summed E-state index contributed by atoms with van der Waals surface area (Å²) in [6.07, 6.45) is -4.81. The van der Waals surface area contributed by atoms with Crippen LogP contribution in [-0.2, 0) is 4.74 Å². The van der Waals surface area contributed by atoms with Gasteiger partial charge in [0.1, 0.15) is 3.70 Å². The van der Waals surface area contributed by atoms with Gasteiger partial charge in [0.2, 0.25) is 5.88 Å². The van der Waals surface area contributed by atoms with E-state index in [1.807, 2.05) is 0 Å². The van der Waals surface area contributed by atoms with E-state index in [-0.39, 0.29) is 14.8 Å². The molecule has 0 unspecified atom stereocenters. The zero-order chi connectivity index (χ0) is 13.2. The maximum atomic E-state index is 12.0. The van der Waals surface area contributed by atoms with Crippen LogP contribution in [0.2, 0.25) is 0 Å². The Morgan fingerprint density at radius 3 is 2.53 bits per heavy atom. The molecule has 0 aliphatic heterocycles. The minimum absolute atomic E-state index is 0.0827. The third-order valence-electron chi connectivity index (χ3n) is 1.74. The van der Waals surface area contributed by atoms with Crippen molar-refractivity contribution in [2.45, 2.75) is 13.3 Å². The Morgan fingerprint density at radius 2 is 2.06 bits per heavy atom. The highest BCUT2D eigenvalue weighted by Gasteiger charge is 2.33. The van der Waals surface area contributed by atoms with E-state index in [0.717, 1.165) is 0 Å². The molecule has 0 aromatic carbocycles. The van der Waals surface area contributed by atoms with Crippen LogP contribution >= 0.6 is 22.6 Å². The van der Waals surface area contributed by atoms with E-state index in [2.05, 4.69) is 14.5 Å². The summed E-state index contributed by atoms with van der Waals surface area (Å²) in [6.45, 7) is 1.36. The van der Waals surface area contributed by atoms with Crippen molar-refractivity contribution in [3.05, 3.63) is 20.9 Å². The second-order valence-corrected chi connectivity index (χ2v) is 4.01. The zero-order valence-corrected chi connectivity index (χ0v) is 10.9. The van der Waals surface area contributed by atoms with Gasteiger partial charge in [-0.2, -0.15) is 0 Å². The molecule has 1 heterocycles. The molecule has 0 saturated carbocycles. The van der Waals surface area contributed by atoms with Crippen molar-refractivity contribution in [2.24, 2.45) is 0 Å². The maximum Gasteiger partial charge on any atom is 0.574 e. The van der Waals surface area contributed by atoms with Crippen molar-refractivity contribution in [3.63, 3.8) is 0 Å². The van der Waals surface area contributed by atoms with Gasteiger partial charge in [-0.1, -0.05) is 0 Å². The molecular weight excluding hydrogens is 354 g/mol. The van der Waals surface area contributed by atoms with Crippen LogP contribution in [0.4, 0.5) is 13.2 Å². The number of pyridine rings is 1. The lowest BCUT2D eigenvalue weighted by atomic mass is 10.2. The van der Waals surface area contributed by atoms with E-state index in [4.69, 9.17) is 0 Å². The van der Waals surface area contributed by atoms with Crippen molar-refractivity contribution < 1.29 is 27.4 Å². The van der Waals surface area contributed by atoms with Gasteiger partial charge in [0, 0.05) is 5.56 Å². The molecule has 4 nitrogen and oxygen atoms in total. The van der Waals surface area contributed by atoms with Gasteiger partial charge >= 0.3 is 12.3 Å². The number of carbonyl (C=O) groups is 1. The van der Waals surface area contributed by atoms with E-state index in [1.54, 1.807) is 22.6 Å². The topological polar surface area (TPSA) is 48.4 Å². The number of hydrogen-bond acceptors (Lipinski definition) is 4. The van der Waals surface area contributed by atoms with Crippen LogP contribution in [0, 0.1) is 10.6 Å². The first kappa shape index (κ1) is 14.0. The van der Waals surface area contributed by atoms with Gasteiger partial charge in [-0.15, -0.1) is 13.2 Å². The number of aromatic nitrogens is 1. The predicted octanol–water partition coefficient (Wildman–Crippen LogP) is 2.68. The highest BCUT2D eigenvalue weighted by atomic mass is 127. The number of nitrogens with zero attached hydrogens (tertiary/aromatic N) is 1. The Morgan fingerprint density at radius 1 is 1.47 bits per heavy atom. The lowest BCUT2D eigenvalue weighted by molar-refractivity contribution is -0.276. The molecule has 0 aliphatic carbocycles. The monoisotopic (exact) mass is 361 g/mol. The SMILES string of the molecule is COC(=O)c1cc(C)c(OC(F)(F)F)nc1I. The van der Waals surface area contributed by atoms with Gasteiger partial charge in [-0.3, -0.25) is 0 Å². The number of rotatable bonds is 2. The molecule has 0 bridgehead atoms. The number of carbonyl (C=O) groups excluding carboxylic acids is 1. The molecule has 1 aromatic rings. The molecule has 0 fully saturated rings.